The number of carbonyl (C=O) groups excluding carboxylic acids is 2. The number of morpholine rings is 1. The van der Waals surface area contributed by atoms with Gasteiger partial charge in [0.05, 0.1) is 55.2 Å². The lowest BCUT2D eigenvalue weighted by Crippen LogP contribution is -2.36. The first-order valence-corrected chi connectivity index (χ1v) is 12.4. The number of imidazole rings is 2. The number of nitrogens with one attached hydrogen (secondary N) is 4. The van der Waals surface area contributed by atoms with Crippen LogP contribution in [-0.2, 0) is 4.74 Å². The van der Waals surface area contributed by atoms with E-state index in [4.69, 9.17) is 14.2 Å². The van der Waals surface area contributed by atoms with Gasteiger partial charge in [0.1, 0.15) is 17.2 Å². The van der Waals surface area contributed by atoms with Gasteiger partial charge in [-0.2, -0.15) is 0 Å². The summed E-state index contributed by atoms with van der Waals surface area (Å²) >= 11 is 0. The minimum absolute atomic E-state index is 0.00345. The first kappa shape index (κ1) is 25.1. The number of benzene rings is 2. The second-order valence-corrected chi connectivity index (χ2v) is 8.42. The van der Waals surface area contributed by atoms with Crippen LogP contribution >= 0.6 is 0 Å². The minimum atomic E-state index is -0.585. The summed E-state index contributed by atoms with van der Waals surface area (Å²) in [4.78, 5) is 42.6. The van der Waals surface area contributed by atoms with Gasteiger partial charge in [-0.1, -0.05) is 12.1 Å². The number of aromatic nitrogens is 4. The molecule has 0 bridgehead atoms. The van der Waals surface area contributed by atoms with Crippen LogP contribution in [0.4, 0.5) is 17.3 Å². The largest absolute Gasteiger partial charge is 0.492 e. The summed E-state index contributed by atoms with van der Waals surface area (Å²) in [5, 5.41) is 5.51. The van der Waals surface area contributed by atoms with Crippen molar-refractivity contribution in [2.45, 2.75) is 13.8 Å². The molecule has 0 unspecified atom stereocenters. The van der Waals surface area contributed by atoms with Crippen LogP contribution in [0.25, 0.3) is 11.0 Å². The molecule has 2 aromatic heterocycles. The van der Waals surface area contributed by atoms with Crippen molar-refractivity contribution in [3.05, 3.63) is 54.1 Å². The third-order valence-electron chi connectivity index (χ3n) is 5.96. The summed E-state index contributed by atoms with van der Waals surface area (Å²) in [6.45, 7) is 7.28. The molecule has 2 aromatic carbocycles. The molecule has 1 aliphatic heterocycles. The number of hydrogen-bond donors (Lipinski definition) is 4. The predicted octanol–water partition coefficient (Wildman–Crippen LogP) is 3.42. The van der Waals surface area contributed by atoms with Crippen LogP contribution in [0, 0.1) is 0 Å². The zero-order chi connectivity index (χ0) is 26.5. The van der Waals surface area contributed by atoms with Crippen LogP contribution in [0.5, 0.6) is 11.5 Å². The quantitative estimate of drug-likeness (QED) is 0.263. The Morgan fingerprint density at radius 1 is 1.03 bits per heavy atom. The third kappa shape index (κ3) is 5.25. The van der Waals surface area contributed by atoms with E-state index in [-0.39, 0.29) is 17.3 Å². The van der Waals surface area contributed by atoms with Crippen molar-refractivity contribution in [1.82, 2.24) is 19.9 Å². The lowest BCUT2D eigenvalue weighted by Gasteiger charge is -2.31. The van der Waals surface area contributed by atoms with Gasteiger partial charge in [-0.25, -0.2) is 9.97 Å². The fourth-order valence-electron chi connectivity index (χ4n) is 4.25. The Kier molecular flexibility index (Phi) is 7.40. The molecule has 0 aliphatic carbocycles. The Hall–Kier alpha value is -4.58. The van der Waals surface area contributed by atoms with Gasteiger partial charge in [0, 0.05) is 25.2 Å². The molecular weight excluding hydrogens is 490 g/mol. The molecule has 1 aliphatic rings. The molecule has 4 N–H and O–H groups in total. The van der Waals surface area contributed by atoms with Crippen molar-refractivity contribution in [3.63, 3.8) is 0 Å². The van der Waals surface area contributed by atoms with Crippen LogP contribution in [0.2, 0.25) is 0 Å². The Balaban J connectivity index is 1.39. The van der Waals surface area contributed by atoms with Crippen molar-refractivity contribution in [2.75, 3.05) is 55.1 Å². The predicted molar refractivity (Wildman–Crippen MR) is 142 cm³/mol. The van der Waals surface area contributed by atoms with E-state index in [1.807, 2.05) is 44.2 Å². The molecule has 1 fully saturated rings. The number of anilines is 3. The Morgan fingerprint density at radius 3 is 2.55 bits per heavy atom. The normalized spacial score (nSPS) is 13.4. The molecule has 1 saturated heterocycles. The summed E-state index contributed by atoms with van der Waals surface area (Å²) in [5.74, 6) is 0.210. The van der Waals surface area contributed by atoms with E-state index >= 15 is 0 Å². The van der Waals surface area contributed by atoms with Crippen LogP contribution < -0.4 is 25.0 Å². The van der Waals surface area contributed by atoms with Crippen LogP contribution in [0.3, 0.4) is 0 Å². The van der Waals surface area contributed by atoms with Gasteiger partial charge in [-0.3, -0.25) is 14.9 Å². The maximum atomic E-state index is 13.3. The molecule has 0 radical (unpaired) electrons. The molecule has 0 spiro atoms. The Bertz CT molecular complexity index is 1410. The van der Waals surface area contributed by atoms with Crippen molar-refractivity contribution in [3.8, 4) is 11.5 Å². The van der Waals surface area contributed by atoms with E-state index in [2.05, 4.69) is 35.5 Å². The van der Waals surface area contributed by atoms with Crippen LogP contribution in [0.1, 0.15) is 34.8 Å². The van der Waals surface area contributed by atoms with Crippen molar-refractivity contribution >= 4 is 40.2 Å². The summed E-state index contributed by atoms with van der Waals surface area (Å²) in [7, 11) is 0. The number of carbonyl (C=O) groups is 2. The molecule has 2 amide bonds. The Morgan fingerprint density at radius 2 is 1.79 bits per heavy atom. The SMILES string of the molecule is CCOc1cc(N2CCOCC2)c(OCC)cc1NC(=O)c1[nH]cnc1C(=O)Nc1nc2ccccc2[nH]1. The van der Waals surface area contributed by atoms with Gasteiger partial charge in [0.2, 0.25) is 5.95 Å². The molecule has 0 saturated carbocycles. The first-order chi connectivity index (χ1) is 18.6. The topological polar surface area (TPSA) is 146 Å². The molecule has 0 atom stereocenters. The summed E-state index contributed by atoms with van der Waals surface area (Å²) < 4.78 is 17.2. The van der Waals surface area contributed by atoms with Crippen molar-refractivity contribution in [1.29, 1.82) is 0 Å². The van der Waals surface area contributed by atoms with E-state index in [1.54, 1.807) is 6.07 Å². The Labute approximate surface area is 218 Å². The van der Waals surface area contributed by atoms with E-state index in [0.717, 1.165) is 24.3 Å². The summed E-state index contributed by atoms with van der Waals surface area (Å²) in [6, 6.07) is 11.0. The van der Waals surface area contributed by atoms with E-state index in [9.17, 15) is 9.59 Å². The number of hydrogen-bond acceptors (Lipinski definition) is 8. The number of amides is 2. The van der Waals surface area contributed by atoms with Gasteiger partial charge in [-0.05, 0) is 26.0 Å². The van der Waals surface area contributed by atoms with Crippen LogP contribution in [0.15, 0.2) is 42.7 Å². The molecule has 198 valence electrons. The molecule has 12 nitrogen and oxygen atoms in total. The highest BCUT2D eigenvalue weighted by molar-refractivity contribution is 6.13. The number of nitrogens with zero attached hydrogens (tertiary/aromatic N) is 3. The van der Waals surface area contributed by atoms with Gasteiger partial charge >= 0.3 is 0 Å². The minimum Gasteiger partial charge on any atom is -0.492 e. The highest BCUT2D eigenvalue weighted by Gasteiger charge is 2.24. The smallest absolute Gasteiger partial charge is 0.279 e. The molecule has 4 aromatic rings. The second kappa shape index (κ2) is 11.2. The molecule has 3 heterocycles. The number of ether oxygens (including phenoxy) is 3. The first-order valence-electron chi connectivity index (χ1n) is 12.4. The average molecular weight is 520 g/mol. The lowest BCUT2D eigenvalue weighted by atomic mass is 10.2. The van der Waals surface area contributed by atoms with Crippen molar-refractivity contribution in [2.24, 2.45) is 0 Å². The maximum Gasteiger partial charge on any atom is 0.279 e. The highest BCUT2D eigenvalue weighted by Crippen LogP contribution is 2.39. The van der Waals surface area contributed by atoms with E-state index in [0.29, 0.717) is 49.1 Å². The summed E-state index contributed by atoms with van der Waals surface area (Å²) in [5.41, 5.74) is 2.68. The molecule has 38 heavy (non-hydrogen) atoms. The fourth-order valence-corrected chi connectivity index (χ4v) is 4.25. The van der Waals surface area contributed by atoms with E-state index < -0.39 is 11.8 Å². The average Bonchev–Trinajstić information content (AvgIpc) is 3.58. The third-order valence-corrected chi connectivity index (χ3v) is 5.96. The number of aromatic amines is 2. The maximum absolute atomic E-state index is 13.3. The summed E-state index contributed by atoms with van der Waals surface area (Å²) in [6.07, 6.45) is 1.29. The molecular formula is C26H29N7O5. The van der Waals surface area contributed by atoms with Gasteiger partial charge in [0.15, 0.2) is 5.69 Å². The zero-order valence-corrected chi connectivity index (χ0v) is 21.2. The van der Waals surface area contributed by atoms with Crippen LogP contribution in [-0.4, -0.2) is 71.3 Å². The molecule has 12 heteroatoms. The van der Waals surface area contributed by atoms with Crippen molar-refractivity contribution < 1.29 is 23.8 Å². The number of rotatable bonds is 9. The lowest BCUT2D eigenvalue weighted by molar-refractivity contribution is 0.0985. The van der Waals surface area contributed by atoms with Gasteiger partial charge < -0.3 is 34.4 Å². The molecule has 5 rings (SSSR count). The van der Waals surface area contributed by atoms with Gasteiger partial charge in [0.25, 0.3) is 11.8 Å². The van der Waals surface area contributed by atoms with E-state index in [1.165, 1.54) is 6.33 Å². The monoisotopic (exact) mass is 519 g/mol. The standard InChI is InChI=1S/C26H29N7O5/c1-3-37-20-14-19(33-9-11-36-12-10-33)21(38-4-2)13-18(20)29-24(34)22-23(28-15-27-22)25(35)32-26-30-16-7-5-6-8-17(16)31-26/h5-8,13-15H,3-4,9-12H2,1-2H3,(H,27,28)(H,29,34)(H2,30,31,32,35). The second-order valence-electron chi connectivity index (χ2n) is 8.42. The zero-order valence-electron chi connectivity index (χ0n) is 21.2. The highest BCUT2D eigenvalue weighted by atomic mass is 16.5. The fraction of sp³-hybridized carbons (Fsp3) is 0.308. The number of para-hydroxylation sites is 2. The van der Waals surface area contributed by atoms with Gasteiger partial charge in [-0.15, -0.1) is 0 Å². The number of H-pyrrole nitrogens is 2. The number of fused-ring (bicyclic) bond motifs is 1.